The Morgan fingerprint density at radius 1 is 1.12 bits per heavy atom. The number of nitrogens with two attached hydrogens (primary N) is 1. The molecule has 0 radical (unpaired) electrons. The number of carbonyl (C=O) groups is 1. The molecule has 1 atom stereocenters. The van der Waals surface area contributed by atoms with Crippen molar-refractivity contribution in [3.63, 3.8) is 0 Å². The van der Waals surface area contributed by atoms with Crippen LogP contribution in [0.15, 0.2) is 54.6 Å². The number of aromatic nitrogens is 3. The van der Waals surface area contributed by atoms with Crippen molar-refractivity contribution >= 4 is 16.9 Å². The van der Waals surface area contributed by atoms with Gasteiger partial charge in [0, 0.05) is 35.4 Å². The normalized spacial score (nSPS) is 17.7. The fraction of sp³-hybridized carbons (Fsp3) is 0.355. The molecule has 4 heterocycles. The molecule has 2 N–H and O–H groups in total. The number of fused-ring (bicyclic) bond motifs is 1. The van der Waals surface area contributed by atoms with E-state index in [0.717, 1.165) is 61.5 Å². The maximum atomic E-state index is 14.2. The Morgan fingerprint density at radius 2 is 1.95 bits per heavy atom. The van der Waals surface area contributed by atoms with Crippen molar-refractivity contribution in [2.24, 2.45) is 5.73 Å². The number of piperidine rings is 1. The van der Waals surface area contributed by atoms with Gasteiger partial charge >= 0.3 is 0 Å². The number of hydrogen-bond donors (Lipinski definition) is 1. The summed E-state index contributed by atoms with van der Waals surface area (Å²) in [5, 5.41) is 8.93. The average molecular weight is 555 g/mol. The first-order chi connectivity index (χ1) is 20.0. The van der Waals surface area contributed by atoms with E-state index in [4.69, 9.17) is 30.4 Å². The molecule has 2 aliphatic heterocycles. The highest BCUT2D eigenvalue weighted by Crippen LogP contribution is 2.30. The Labute approximate surface area is 237 Å². The molecule has 6 rings (SSSR count). The van der Waals surface area contributed by atoms with E-state index in [0.29, 0.717) is 36.0 Å². The number of imidazole rings is 1. The van der Waals surface area contributed by atoms with Crippen LogP contribution in [-0.4, -0.2) is 51.1 Å². The topological polar surface area (TPSA) is 119 Å². The number of likely N-dealkylation sites (tertiary alicyclic amines) is 1. The van der Waals surface area contributed by atoms with Crippen LogP contribution in [0.4, 0.5) is 4.39 Å². The Morgan fingerprint density at radius 3 is 2.66 bits per heavy atom. The molecular weight excluding hydrogens is 523 g/mol. The average Bonchev–Trinajstić information content (AvgIpc) is 3.30. The van der Waals surface area contributed by atoms with E-state index >= 15 is 0 Å². The lowest BCUT2D eigenvalue weighted by molar-refractivity contribution is -0.0592. The van der Waals surface area contributed by atoms with E-state index in [1.165, 1.54) is 6.07 Å². The molecule has 1 amide bonds. The van der Waals surface area contributed by atoms with Gasteiger partial charge in [-0.1, -0.05) is 12.1 Å². The van der Waals surface area contributed by atoms with Gasteiger partial charge in [-0.15, -0.1) is 0 Å². The van der Waals surface area contributed by atoms with Gasteiger partial charge in [0.25, 0.3) is 0 Å². The predicted molar refractivity (Wildman–Crippen MR) is 150 cm³/mol. The number of nitriles is 1. The molecule has 4 aromatic rings. The van der Waals surface area contributed by atoms with Crippen LogP contribution < -0.4 is 10.5 Å². The number of benzene rings is 2. The zero-order valence-electron chi connectivity index (χ0n) is 22.6. The summed E-state index contributed by atoms with van der Waals surface area (Å²) in [7, 11) is 0. The SMILES string of the molecule is N#Cc1ccc(COc2cccc(C3CCN(Cc4nc5ccc(C(N)=O)cc5n4C[C@@H]4CCO4)CC3)n2)c(F)c1. The smallest absolute Gasteiger partial charge is 0.248 e. The first-order valence-electron chi connectivity index (χ1n) is 13.9. The zero-order valence-corrected chi connectivity index (χ0v) is 22.6. The monoisotopic (exact) mass is 554 g/mol. The molecule has 2 aromatic heterocycles. The summed E-state index contributed by atoms with van der Waals surface area (Å²) in [6, 6.07) is 17.4. The quantitative estimate of drug-likeness (QED) is 0.328. The van der Waals surface area contributed by atoms with E-state index in [-0.39, 0.29) is 18.3 Å². The van der Waals surface area contributed by atoms with Crippen LogP contribution in [0.2, 0.25) is 0 Å². The van der Waals surface area contributed by atoms with Gasteiger partial charge in [0.15, 0.2) is 0 Å². The van der Waals surface area contributed by atoms with Crippen molar-refractivity contribution in [3.8, 4) is 11.9 Å². The number of nitrogens with zero attached hydrogens (tertiary/aromatic N) is 5. The van der Waals surface area contributed by atoms with Crippen molar-refractivity contribution in [1.29, 1.82) is 5.26 Å². The molecule has 210 valence electrons. The number of rotatable bonds is 9. The highest BCUT2D eigenvalue weighted by molar-refractivity contribution is 5.96. The molecule has 10 heteroatoms. The third-order valence-electron chi connectivity index (χ3n) is 7.97. The number of hydrogen-bond acceptors (Lipinski definition) is 7. The largest absolute Gasteiger partial charge is 0.473 e. The van der Waals surface area contributed by atoms with E-state index in [9.17, 15) is 9.18 Å². The summed E-state index contributed by atoms with van der Waals surface area (Å²) >= 11 is 0. The van der Waals surface area contributed by atoms with Crippen LogP contribution in [0.5, 0.6) is 5.88 Å². The number of amides is 1. The van der Waals surface area contributed by atoms with Crippen molar-refractivity contribution in [2.45, 2.75) is 51.0 Å². The Bertz CT molecular complexity index is 1620. The Hall–Kier alpha value is -4.33. The van der Waals surface area contributed by atoms with E-state index in [1.807, 2.05) is 30.3 Å². The summed E-state index contributed by atoms with van der Waals surface area (Å²) < 4.78 is 27.9. The molecule has 9 nitrogen and oxygen atoms in total. The highest BCUT2D eigenvalue weighted by Gasteiger charge is 2.26. The van der Waals surface area contributed by atoms with Gasteiger partial charge in [-0.3, -0.25) is 9.69 Å². The minimum Gasteiger partial charge on any atom is -0.473 e. The molecule has 0 spiro atoms. The molecule has 41 heavy (non-hydrogen) atoms. The Kier molecular flexibility index (Phi) is 7.63. The lowest BCUT2D eigenvalue weighted by Gasteiger charge is -2.32. The molecular formula is C31H31FN6O3. The molecule has 0 unspecified atom stereocenters. The predicted octanol–water partition coefficient (Wildman–Crippen LogP) is 4.29. The molecule has 0 saturated carbocycles. The summed E-state index contributed by atoms with van der Waals surface area (Å²) in [6.45, 7) is 4.01. The maximum Gasteiger partial charge on any atom is 0.248 e. The second-order valence-electron chi connectivity index (χ2n) is 10.6. The minimum absolute atomic E-state index is 0.0419. The number of pyridine rings is 1. The summed E-state index contributed by atoms with van der Waals surface area (Å²) in [4.78, 5) is 23.8. The van der Waals surface area contributed by atoms with Gasteiger partial charge in [0.05, 0.1) is 41.9 Å². The van der Waals surface area contributed by atoms with Crippen molar-refractivity contribution < 1.29 is 18.7 Å². The highest BCUT2D eigenvalue weighted by atomic mass is 19.1. The van der Waals surface area contributed by atoms with E-state index in [2.05, 4.69) is 9.47 Å². The third-order valence-corrected chi connectivity index (χ3v) is 7.97. The maximum absolute atomic E-state index is 14.2. The van der Waals surface area contributed by atoms with Crippen LogP contribution in [-0.2, 0) is 24.4 Å². The molecule has 2 aromatic carbocycles. The Balaban J connectivity index is 1.10. The van der Waals surface area contributed by atoms with E-state index < -0.39 is 11.7 Å². The first kappa shape index (κ1) is 26.9. The summed E-state index contributed by atoms with van der Waals surface area (Å²) in [5.74, 6) is 0.791. The number of carbonyl (C=O) groups excluding carboxylic acids is 1. The van der Waals surface area contributed by atoms with E-state index in [1.54, 1.807) is 24.3 Å². The van der Waals surface area contributed by atoms with Gasteiger partial charge in [0.1, 0.15) is 18.2 Å². The third kappa shape index (κ3) is 5.92. The number of halogens is 1. The fourth-order valence-electron chi connectivity index (χ4n) is 5.49. The number of primary amides is 1. The fourth-order valence-corrected chi connectivity index (χ4v) is 5.49. The second kappa shape index (κ2) is 11.6. The lowest BCUT2D eigenvalue weighted by Crippen LogP contribution is -2.35. The minimum atomic E-state index is -0.463. The van der Waals surface area contributed by atoms with Crippen LogP contribution in [0, 0.1) is 17.1 Å². The van der Waals surface area contributed by atoms with Crippen LogP contribution >= 0.6 is 0 Å². The van der Waals surface area contributed by atoms with Crippen LogP contribution in [0.3, 0.4) is 0 Å². The van der Waals surface area contributed by atoms with Gasteiger partial charge in [-0.25, -0.2) is 14.4 Å². The zero-order chi connectivity index (χ0) is 28.3. The second-order valence-corrected chi connectivity index (χ2v) is 10.6. The summed E-state index contributed by atoms with van der Waals surface area (Å²) in [6.07, 6.45) is 3.05. The van der Waals surface area contributed by atoms with Gasteiger partial charge < -0.3 is 19.8 Å². The standard InChI is InChI=1S/C31H31FN6O3/c32-25-14-20(16-33)4-5-23(25)19-41-30-3-1-2-26(36-30)21-8-11-37(12-9-21)18-29-35-27-7-6-22(31(34)39)15-28(27)38(29)17-24-10-13-40-24/h1-7,14-15,21,24H,8-13,17-19H2,(H2,34,39)/t24-/m0/s1. The van der Waals surface area contributed by atoms with Crippen molar-refractivity contribution in [1.82, 2.24) is 19.4 Å². The molecule has 0 aliphatic carbocycles. The molecule has 2 fully saturated rings. The number of ether oxygens (including phenoxy) is 2. The van der Waals surface area contributed by atoms with Crippen LogP contribution in [0.1, 0.15) is 58.2 Å². The molecule has 2 aliphatic rings. The van der Waals surface area contributed by atoms with Gasteiger partial charge in [-0.05, 0) is 68.8 Å². The van der Waals surface area contributed by atoms with Crippen LogP contribution in [0.25, 0.3) is 11.0 Å². The van der Waals surface area contributed by atoms with Crippen molar-refractivity contribution in [3.05, 3.63) is 88.6 Å². The van der Waals surface area contributed by atoms with Crippen molar-refractivity contribution in [2.75, 3.05) is 19.7 Å². The van der Waals surface area contributed by atoms with Gasteiger partial charge in [0.2, 0.25) is 11.8 Å². The molecule has 2 saturated heterocycles. The molecule has 0 bridgehead atoms. The lowest BCUT2D eigenvalue weighted by atomic mass is 9.93. The van der Waals surface area contributed by atoms with Gasteiger partial charge in [-0.2, -0.15) is 5.26 Å². The summed E-state index contributed by atoms with van der Waals surface area (Å²) in [5.41, 5.74) is 9.39. The first-order valence-corrected chi connectivity index (χ1v) is 13.9.